The second-order valence-corrected chi connectivity index (χ2v) is 5.60. The van der Waals surface area contributed by atoms with Crippen LogP contribution in [0.15, 0.2) is 29.2 Å². The van der Waals surface area contributed by atoms with Crippen molar-refractivity contribution in [3.8, 4) is 12.1 Å². The molecule has 0 aliphatic heterocycles. The smallest absolute Gasteiger partial charge is 0.207 e. The molecule has 0 heterocycles. The minimum atomic E-state index is -3.87. The number of rotatable bonds is 3. The highest BCUT2D eigenvalue weighted by atomic mass is 32.2. The lowest BCUT2D eigenvalue weighted by molar-refractivity contribution is 0.535. The minimum absolute atomic E-state index is 0.0498. The molecule has 0 spiro atoms. The lowest BCUT2D eigenvalue weighted by atomic mass is 10.1. The summed E-state index contributed by atoms with van der Waals surface area (Å²) in [6.07, 6.45) is 0. The summed E-state index contributed by atoms with van der Waals surface area (Å²) in [5.41, 5.74) is -1.17. The average molecular weight is 249 g/mol. The van der Waals surface area contributed by atoms with Gasteiger partial charge in [0.25, 0.3) is 0 Å². The Morgan fingerprint density at radius 2 is 1.82 bits per heavy atom. The molecule has 0 aliphatic rings. The van der Waals surface area contributed by atoms with Gasteiger partial charge in [-0.15, -0.1) is 0 Å². The highest BCUT2D eigenvalue weighted by molar-refractivity contribution is 7.89. The SMILES string of the molecule is CC(C)(C#N)NS(=O)(=O)c1ccccc1C#N. The van der Waals surface area contributed by atoms with Crippen molar-refractivity contribution in [2.45, 2.75) is 24.3 Å². The summed E-state index contributed by atoms with van der Waals surface area (Å²) in [6.45, 7) is 2.89. The van der Waals surface area contributed by atoms with Gasteiger partial charge in [0.15, 0.2) is 0 Å². The van der Waals surface area contributed by atoms with E-state index >= 15 is 0 Å². The molecule has 1 rings (SSSR count). The van der Waals surface area contributed by atoms with E-state index < -0.39 is 15.6 Å². The van der Waals surface area contributed by atoms with Gasteiger partial charge in [-0.3, -0.25) is 0 Å². The van der Waals surface area contributed by atoms with Crippen molar-refractivity contribution in [1.82, 2.24) is 4.72 Å². The van der Waals surface area contributed by atoms with E-state index in [1.165, 1.54) is 32.0 Å². The predicted molar refractivity (Wildman–Crippen MR) is 61.2 cm³/mol. The minimum Gasteiger partial charge on any atom is -0.207 e. The van der Waals surface area contributed by atoms with Gasteiger partial charge in [-0.1, -0.05) is 12.1 Å². The molecule has 1 aromatic rings. The topological polar surface area (TPSA) is 93.8 Å². The number of nitrogens with one attached hydrogen (secondary N) is 1. The average Bonchev–Trinajstić information content (AvgIpc) is 2.28. The van der Waals surface area contributed by atoms with Crippen LogP contribution in [0.2, 0.25) is 0 Å². The number of hydrogen-bond donors (Lipinski definition) is 1. The zero-order chi connectivity index (χ0) is 13.1. The van der Waals surface area contributed by atoms with Crippen molar-refractivity contribution < 1.29 is 8.42 Å². The molecule has 0 amide bonds. The van der Waals surface area contributed by atoms with Crippen LogP contribution in [-0.2, 0) is 10.0 Å². The van der Waals surface area contributed by atoms with Gasteiger partial charge < -0.3 is 0 Å². The number of benzene rings is 1. The van der Waals surface area contributed by atoms with Crippen LogP contribution in [0, 0.1) is 22.7 Å². The lowest BCUT2D eigenvalue weighted by Crippen LogP contribution is -2.42. The van der Waals surface area contributed by atoms with Gasteiger partial charge in [0, 0.05) is 0 Å². The molecule has 0 aliphatic carbocycles. The van der Waals surface area contributed by atoms with Crippen LogP contribution in [0.4, 0.5) is 0 Å². The lowest BCUT2D eigenvalue weighted by Gasteiger charge is -2.17. The molecule has 0 saturated heterocycles. The van der Waals surface area contributed by atoms with Crippen LogP contribution in [0.25, 0.3) is 0 Å². The quantitative estimate of drug-likeness (QED) is 0.869. The molecule has 6 heteroatoms. The Kier molecular flexibility index (Phi) is 3.52. The molecule has 0 saturated carbocycles. The molecule has 0 bridgehead atoms. The number of nitriles is 2. The summed E-state index contributed by atoms with van der Waals surface area (Å²) in [7, 11) is -3.87. The van der Waals surface area contributed by atoms with Crippen molar-refractivity contribution >= 4 is 10.0 Å². The summed E-state index contributed by atoms with van der Waals surface area (Å²) >= 11 is 0. The normalized spacial score (nSPS) is 11.5. The Bertz CT molecular complexity index is 606. The van der Waals surface area contributed by atoms with E-state index in [9.17, 15) is 8.42 Å². The number of nitrogens with zero attached hydrogens (tertiary/aromatic N) is 2. The molecule has 1 N–H and O–H groups in total. The number of hydrogen-bond acceptors (Lipinski definition) is 4. The second kappa shape index (κ2) is 4.54. The first kappa shape index (κ1) is 13.2. The molecule has 17 heavy (non-hydrogen) atoms. The molecular weight excluding hydrogens is 238 g/mol. The monoisotopic (exact) mass is 249 g/mol. The predicted octanol–water partition coefficient (Wildman–Crippen LogP) is 1.14. The fraction of sp³-hybridized carbons (Fsp3) is 0.273. The van der Waals surface area contributed by atoms with E-state index in [1.54, 1.807) is 12.1 Å². The summed E-state index contributed by atoms with van der Waals surface area (Å²) < 4.78 is 26.2. The molecule has 5 nitrogen and oxygen atoms in total. The Balaban J connectivity index is 3.26. The third kappa shape index (κ3) is 3.04. The zero-order valence-corrected chi connectivity index (χ0v) is 10.2. The number of sulfonamides is 1. The molecule has 0 aromatic heterocycles. The Morgan fingerprint density at radius 1 is 1.24 bits per heavy atom. The third-order valence-corrected chi connectivity index (χ3v) is 3.68. The standard InChI is InChI=1S/C11H11N3O2S/c1-11(2,8-13)14-17(15,16)10-6-4-3-5-9(10)7-12/h3-6,14H,1-2H3. The molecule has 1 aromatic carbocycles. The molecule has 0 atom stereocenters. The van der Waals surface area contributed by atoms with Gasteiger partial charge >= 0.3 is 0 Å². The molecular formula is C11H11N3O2S. The highest BCUT2D eigenvalue weighted by Crippen LogP contribution is 2.16. The van der Waals surface area contributed by atoms with Gasteiger partial charge in [-0.05, 0) is 26.0 Å². The van der Waals surface area contributed by atoms with Gasteiger partial charge in [0.05, 0.1) is 16.5 Å². The molecule has 0 fully saturated rings. The van der Waals surface area contributed by atoms with E-state index in [2.05, 4.69) is 4.72 Å². The van der Waals surface area contributed by atoms with Crippen LogP contribution < -0.4 is 4.72 Å². The Morgan fingerprint density at radius 3 is 2.35 bits per heavy atom. The van der Waals surface area contributed by atoms with E-state index in [4.69, 9.17) is 10.5 Å². The molecule has 0 unspecified atom stereocenters. The van der Waals surface area contributed by atoms with Gasteiger partial charge in [-0.2, -0.15) is 15.2 Å². The van der Waals surface area contributed by atoms with E-state index in [1.807, 2.05) is 6.07 Å². The summed E-state index contributed by atoms with van der Waals surface area (Å²) in [5.74, 6) is 0. The summed E-state index contributed by atoms with van der Waals surface area (Å²) in [6, 6.07) is 9.47. The van der Waals surface area contributed by atoms with E-state index in [-0.39, 0.29) is 10.5 Å². The van der Waals surface area contributed by atoms with E-state index in [0.29, 0.717) is 0 Å². The Hall–Kier alpha value is -1.89. The first-order valence-corrected chi connectivity index (χ1v) is 6.25. The van der Waals surface area contributed by atoms with Crippen LogP contribution in [-0.4, -0.2) is 14.0 Å². The third-order valence-electron chi connectivity index (χ3n) is 1.97. The van der Waals surface area contributed by atoms with E-state index in [0.717, 1.165) is 0 Å². The Labute approximate surface area is 100 Å². The fourth-order valence-electron chi connectivity index (χ4n) is 1.21. The molecule has 0 radical (unpaired) electrons. The van der Waals surface area contributed by atoms with Crippen molar-refractivity contribution in [2.24, 2.45) is 0 Å². The van der Waals surface area contributed by atoms with Gasteiger partial charge in [0.1, 0.15) is 11.6 Å². The first-order chi connectivity index (χ1) is 7.82. The van der Waals surface area contributed by atoms with Crippen LogP contribution in [0.3, 0.4) is 0 Å². The molecule has 88 valence electrons. The van der Waals surface area contributed by atoms with Crippen molar-refractivity contribution in [1.29, 1.82) is 10.5 Å². The summed E-state index contributed by atoms with van der Waals surface area (Å²) in [4.78, 5) is -0.120. The van der Waals surface area contributed by atoms with Crippen molar-refractivity contribution in [3.05, 3.63) is 29.8 Å². The van der Waals surface area contributed by atoms with Crippen LogP contribution in [0.1, 0.15) is 19.4 Å². The largest absolute Gasteiger partial charge is 0.243 e. The van der Waals surface area contributed by atoms with Crippen LogP contribution in [0.5, 0.6) is 0 Å². The van der Waals surface area contributed by atoms with Gasteiger partial charge in [0.2, 0.25) is 10.0 Å². The maximum atomic E-state index is 12.0. The van der Waals surface area contributed by atoms with Gasteiger partial charge in [-0.25, -0.2) is 8.42 Å². The second-order valence-electron chi connectivity index (χ2n) is 3.95. The van der Waals surface area contributed by atoms with Crippen molar-refractivity contribution in [3.63, 3.8) is 0 Å². The zero-order valence-electron chi connectivity index (χ0n) is 9.43. The fourth-order valence-corrected chi connectivity index (χ4v) is 2.70. The highest BCUT2D eigenvalue weighted by Gasteiger charge is 2.27. The first-order valence-electron chi connectivity index (χ1n) is 4.77. The maximum absolute atomic E-state index is 12.0. The van der Waals surface area contributed by atoms with Crippen molar-refractivity contribution in [2.75, 3.05) is 0 Å². The maximum Gasteiger partial charge on any atom is 0.243 e. The summed E-state index contributed by atoms with van der Waals surface area (Å²) in [5, 5.41) is 17.6. The van der Waals surface area contributed by atoms with Crippen LogP contribution >= 0.6 is 0 Å².